The number of carbonyl (C=O) groups is 1. The quantitative estimate of drug-likeness (QED) is 0.150. The Hall–Kier alpha value is -4.61. The molecule has 262 valence electrons. The Morgan fingerprint density at radius 1 is 0.804 bits per heavy atom. The van der Waals surface area contributed by atoms with E-state index in [4.69, 9.17) is 4.74 Å². The standard InChI is InChI=1S/C41H42N4O4S2/c1-30-26-36(20-21-38(30)42-39-28-49-29-40(39)50-35-13-6-3-7-14-35)51(47,48)43-41(46)32-16-18-34(19-17-32)45-24-22-44(23-25-45)27-33-12-8-9-15-37(33)31-10-4-2-5-11-31/h2-21,26,39-40,42H,22-25,27-29H2,1H3,(H,43,46). The number of thioether (sulfide) groups is 1. The molecule has 7 rings (SSSR count). The van der Waals surface area contributed by atoms with Crippen molar-refractivity contribution < 1.29 is 17.9 Å². The average Bonchev–Trinajstić information content (AvgIpc) is 3.59. The summed E-state index contributed by atoms with van der Waals surface area (Å²) in [7, 11) is -4.08. The van der Waals surface area contributed by atoms with Crippen LogP contribution in [0.3, 0.4) is 0 Å². The Kier molecular flexibility index (Phi) is 10.7. The van der Waals surface area contributed by atoms with Crippen molar-refractivity contribution in [3.63, 3.8) is 0 Å². The van der Waals surface area contributed by atoms with Gasteiger partial charge < -0.3 is 15.0 Å². The van der Waals surface area contributed by atoms with E-state index in [1.165, 1.54) is 27.7 Å². The number of hydrogen-bond donors (Lipinski definition) is 2. The Balaban J connectivity index is 0.925. The van der Waals surface area contributed by atoms with E-state index in [1.807, 2.05) is 43.3 Å². The normalized spacial score (nSPS) is 18.0. The van der Waals surface area contributed by atoms with Crippen LogP contribution in [0.15, 0.2) is 137 Å². The second kappa shape index (κ2) is 15.7. The van der Waals surface area contributed by atoms with Crippen LogP contribution in [-0.2, 0) is 21.3 Å². The third-order valence-corrected chi connectivity index (χ3v) is 12.1. The molecule has 5 aromatic rings. The van der Waals surface area contributed by atoms with Crippen LogP contribution in [0.25, 0.3) is 11.1 Å². The van der Waals surface area contributed by atoms with Crippen LogP contribution in [0.5, 0.6) is 0 Å². The van der Waals surface area contributed by atoms with Crippen LogP contribution in [0.1, 0.15) is 21.5 Å². The van der Waals surface area contributed by atoms with E-state index in [9.17, 15) is 13.2 Å². The summed E-state index contributed by atoms with van der Waals surface area (Å²) in [5, 5.41) is 3.76. The van der Waals surface area contributed by atoms with E-state index >= 15 is 0 Å². The van der Waals surface area contributed by atoms with Gasteiger partial charge in [-0.1, -0.05) is 72.8 Å². The lowest BCUT2D eigenvalue weighted by molar-refractivity contribution is 0.0981. The lowest BCUT2D eigenvalue weighted by Gasteiger charge is -2.36. The zero-order valence-electron chi connectivity index (χ0n) is 28.6. The maximum atomic E-state index is 13.3. The molecule has 0 bridgehead atoms. The highest BCUT2D eigenvalue weighted by Gasteiger charge is 2.30. The molecule has 2 atom stereocenters. The maximum Gasteiger partial charge on any atom is 0.264 e. The second-order valence-electron chi connectivity index (χ2n) is 13.0. The molecule has 2 N–H and O–H groups in total. The molecule has 8 nitrogen and oxygen atoms in total. The summed E-state index contributed by atoms with van der Waals surface area (Å²) in [6.07, 6.45) is 0. The first-order chi connectivity index (χ1) is 24.8. The molecule has 0 spiro atoms. The summed E-state index contributed by atoms with van der Waals surface area (Å²) < 4.78 is 34.6. The molecule has 0 saturated carbocycles. The molecule has 2 heterocycles. The van der Waals surface area contributed by atoms with E-state index in [-0.39, 0.29) is 21.8 Å². The molecule has 1 amide bonds. The van der Waals surface area contributed by atoms with E-state index in [0.29, 0.717) is 13.2 Å². The number of rotatable bonds is 11. The van der Waals surface area contributed by atoms with Crippen LogP contribution in [0.2, 0.25) is 0 Å². The number of anilines is 2. The zero-order valence-corrected chi connectivity index (χ0v) is 30.2. The summed E-state index contributed by atoms with van der Waals surface area (Å²) >= 11 is 1.77. The number of sulfonamides is 1. The molecule has 0 radical (unpaired) electrons. The number of aryl methyl sites for hydroxylation is 1. The summed E-state index contributed by atoms with van der Waals surface area (Å²) in [6.45, 7) is 7.50. The fraction of sp³-hybridized carbons (Fsp3) is 0.244. The highest BCUT2D eigenvalue weighted by Crippen LogP contribution is 2.32. The maximum absolute atomic E-state index is 13.3. The van der Waals surface area contributed by atoms with Gasteiger partial charge in [-0.15, -0.1) is 11.8 Å². The third kappa shape index (κ3) is 8.48. The van der Waals surface area contributed by atoms with Gasteiger partial charge in [0.25, 0.3) is 15.9 Å². The number of hydrogen-bond acceptors (Lipinski definition) is 8. The number of piperazine rings is 1. The van der Waals surface area contributed by atoms with Crippen molar-refractivity contribution in [3.05, 3.63) is 144 Å². The lowest BCUT2D eigenvalue weighted by Crippen LogP contribution is -2.46. The Bertz CT molecular complexity index is 2050. The predicted molar refractivity (Wildman–Crippen MR) is 206 cm³/mol. The molecule has 0 aliphatic carbocycles. The second-order valence-corrected chi connectivity index (χ2v) is 16.0. The lowest BCUT2D eigenvalue weighted by atomic mass is 9.99. The minimum atomic E-state index is -4.08. The summed E-state index contributed by atoms with van der Waals surface area (Å²) in [6, 6.07) is 41.4. The van der Waals surface area contributed by atoms with Crippen LogP contribution in [0, 0.1) is 6.92 Å². The average molecular weight is 719 g/mol. The highest BCUT2D eigenvalue weighted by atomic mass is 32.2. The van der Waals surface area contributed by atoms with Crippen molar-refractivity contribution in [1.29, 1.82) is 0 Å². The molecule has 10 heteroatoms. The first kappa shape index (κ1) is 34.8. The largest absolute Gasteiger partial charge is 0.379 e. The van der Waals surface area contributed by atoms with E-state index in [2.05, 4.69) is 80.5 Å². The fourth-order valence-electron chi connectivity index (χ4n) is 6.65. The van der Waals surface area contributed by atoms with Crippen molar-refractivity contribution in [2.45, 2.75) is 34.6 Å². The molecule has 2 unspecified atom stereocenters. The molecule has 2 saturated heterocycles. The fourth-order valence-corrected chi connectivity index (χ4v) is 8.85. The van der Waals surface area contributed by atoms with Gasteiger partial charge in [-0.2, -0.15) is 0 Å². The van der Waals surface area contributed by atoms with Gasteiger partial charge in [-0.05, 0) is 83.8 Å². The van der Waals surface area contributed by atoms with Crippen LogP contribution < -0.4 is 14.9 Å². The molecule has 51 heavy (non-hydrogen) atoms. The number of benzene rings is 5. The summed E-state index contributed by atoms with van der Waals surface area (Å²) in [5.74, 6) is -0.660. The van der Waals surface area contributed by atoms with Crippen LogP contribution in [-0.4, -0.2) is 69.9 Å². The van der Waals surface area contributed by atoms with Gasteiger partial charge in [-0.25, -0.2) is 13.1 Å². The minimum Gasteiger partial charge on any atom is -0.379 e. The Labute approximate surface area is 304 Å². The number of nitrogens with zero attached hydrogens (tertiary/aromatic N) is 2. The number of carbonyl (C=O) groups excluding carboxylic acids is 1. The predicted octanol–water partition coefficient (Wildman–Crippen LogP) is 7.07. The summed E-state index contributed by atoms with van der Waals surface area (Å²) in [5.41, 5.74) is 6.71. The van der Waals surface area contributed by atoms with Crippen molar-refractivity contribution >= 4 is 39.1 Å². The first-order valence-corrected chi connectivity index (χ1v) is 19.6. The van der Waals surface area contributed by atoms with Gasteiger partial charge in [0.1, 0.15) is 0 Å². The van der Waals surface area contributed by atoms with Crippen LogP contribution in [0.4, 0.5) is 11.4 Å². The monoisotopic (exact) mass is 718 g/mol. The zero-order chi connectivity index (χ0) is 35.2. The van der Waals surface area contributed by atoms with Gasteiger partial charge >= 0.3 is 0 Å². The summed E-state index contributed by atoms with van der Waals surface area (Å²) in [4.78, 5) is 19.1. The van der Waals surface area contributed by atoms with Gasteiger partial charge in [0.15, 0.2) is 0 Å². The molecule has 2 fully saturated rings. The van der Waals surface area contributed by atoms with Crippen molar-refractivity contribution in [2.75, 3.05) is 49.6 Å². The molecule has 0 aromatic heterocycles. The third-order valence-electron chi connectivity index (χ3n) is 9.50. The van der Waals surface area contributed by atoms with Crippen molar-refractivity contribution in [2.24, 2.45) is 0 Å². The smallest absolute Gasteiger partial charge is 0.264 e. The van der Waals surface area contributed by atoms with Crippen molar-refractivity contribution in [3.8, 4) is 11.1 Å². The van der Waals surface area contributed by atoms with Gasteiger partial charge in [0, 0.05) is 54.6 Å². The number of amides is 1. The van der Waals surface area contributed by atoms with Crippen molar-refractivity contribution in [1.82, 2.24) is 9.62 Å². The highest BCUT2D eigenvalue weighted by molar-refractivity contribution is 8.00. The van der Waals surface area contributed by atoms with E-state index < -0.39 is 15.9 Å². The molecule has 2 aliphatic rings. The topological polar surface area (TPSA) is 91.0 Å². The number of nitrogens with one attached hydrogen (secondary N) is 2. The first-order valence-electron chi connectivity index (χ1n) is 17.3. The van der Waals surface area contributed by atoms with Crippen LogP contribution >= 0.6 is 11.8 Å². The van der Waals surface area contributed by atoms with Gasteiger partial charge in [-0.3, -0.25) is 9.69 Å². The SMILES string of the molecule is Cc1cc(S(=O)(=O)NC(=O)c2ccc(N3CCN(Cc4ccccc4-c4ccccc4)CC3)cc2)ccc1NC1COCC1Sc1ccccc1. The minimum absolute atomic E-state index is 0.0395. The van der Waals surface area contributed by atoms with Gasteiger partial charge in [0.05, 0.1) is 29.4 Å². The molecule has 5 aromatic carbocycles. The molecule has 2 aliphatic heterocycles. The molecular weight excluding hydrogens is 677 g/mol. The Morgan fingerprint density at radius 2 is 1.49 bits per heavy atom. The van der Waals surface area contributed by atoms with E-state index in [1.54, 1.807) is 36.0 Å². The number of ether oxygens (including phenoxy) is 1. The van der Waals surface area contributed by atoms with Gasteiger partial charge in [0.2, 0.25) is 0 Å². The Morgan fingerprint density at radius 3 is 2.22 bits per heavy atom. The van der Waals surface area contributed by atoms with E-state index in [0.717, 1.165) is 49.7 Å². The molecular formula is C41H42N4O4S2.